The first-order valence-corrected chi connectivity index (χ1v) is 9.31. The fourth-order valence-corrected chi connectivity index (χ4v) is 3.49. The van der Waals surface area contributed by atoms with Crippen LogP contribution in [0.3, 0.4) is 0 Å². The maximum absolute atomic E-state index is 12.5. The van der Waals surface area contributed by atoms with Crippen LogP contribution in [0, 0.1) is 5.92 Å². The zero-order valence-electron chi connectivity index (χ0n) is 16.8. The lowest BCUT2D eigenvalue weighted by Gasteiger charge is -2.16. The second-order valence-electron chi connectivity index (χ2n) is 7.23. The number of H-pyrrole nitrogens is 1. The van der Waals surface area contributed by atoms with Crippen LogP contribution in [0.1, 0.15) is 54.3 Å². The Morgan fingerprint density at radius 3 is 2.55 bits per heavy atom. The van der Waals surface area contributed by atoms with E-state index in [2.05, 4.69) is 18.8 Å². The van der Waals surface area contributed by atoms with Gasteiger partial charge in [0, 0.05) is 12.1 Å². The molecular weight excluding hydrogens is 380 g/mol. The number of carbonyl (C=O) groups excluding carboxylic acids is 1. The van der Waals surface area contributed by atoms with Crippen LogP contribution in [0.2, 0.25) is 0 Å². The molecule has 0 spiro atoms. The highest BCUT2D eigenvalue weighted by Gasteiger charge is 2.40. The number of ether oxygens (including phenoxy) is 3. The lowest BCUT2D eigenvalue weighted by molar-refractivity contribution is 0.0446. The van der Waals surface area contributed by atoms with Crippen molar-refractivity contribution in [1.29, 1.82) is 0 Å². The normalized spacial score (nSPS) is 15.3. The summed E-state index contributed by atoms with van der Waals surface area (Å²) < 4.78 is 17.0. The van der Waals surface area contributed by atoms with E-state index in [1.165, 1.54) is 14.2 Å². The van der Waals surface area contributed by atoms with Gasteiger partial charge in [0.25, 0.3) is 5.56 Å². The summed E-state index contributed by atoms with van der Waals surface area (Å²) in [6.07, 6.45) is 0.319. The number of fused-ring (bicyclic) bond motifs is 1. The van der Waals surface area contributed by atoms with E-state index in [1.54, 1.807) is 12.1 Å². The van der Waals surface area contributed by atoms with E-state index in [9.17, 15) is 19.5 Å². The smallest absolute Gasteiger partial charge is 0.343 e. The summed E-state index contributed by atoms with van der Waals surface area (Å²) in [4.78, 5) is 39.4. The summed E-state index contributed by atoms with van der Waals surface area (Å²) >= 11 is 0. The summed E-state index contributed by atoms with van der Waals surface area (Å²) in [5.41, 5.74) is -1.26. The van der Waals surface area contributed by atoms with Gasteiger partial charge in [0.05, 0.1) is 14.2 Å². The maximum atomic E-state index is 12.5. The molecule has 3 rings (SSSR count). The molecule has 2 aromatic rings. The number of benzene rings is 1. The third-order valence-corrected chi connectivity index (χ3v) is 4.92. The second-order valence-corrected chi connectivity index (χ2v) is 7.23. The topological polar surface area (TPSA) is 120 Å². The molecule has 0 bridgehead atoms. The molecule has 1 aliphatic rings. The van der Waals surface area contributed by atoms with Crippen molar-refractivity contribution in [2.75, 3.05) is 14.2 Å². The van der Waals surface area contributed by atoms with Crippen molar-refractivity contribution >= 4 is 5.97 Å². The molecule has 0 saturated carbocycles. The fourth-order valence-electron chi connectivity index (χ4n) is 3.49. The lowest BCUT2D eigenvalue weighted by atomic mass is 9.99. The molecule has 1 aromatic carbocycles. The van der Waals surface area contributed by atoms with E-state index < -0.39 is 29.2 Å². The number of esters is 1. The first kappa shape index (κ1) is 20.5. The minimum atomic E-state index is -1.17. The fraction of sp³-hybridized carbons (Fsp3) is 0.450. The lowest BCUT2D eigenvalue weighted by Crippen LogP contribution is -2.33. The van der Waals surface area contributed by atoms with Crippen molar-refractivity contribution in [3.63, 3.8) is 0 Å². The van der Waals surface area contributed by atoms with Gasteiger partial charge in [0.1, 0.15) is 11.1 Å². The van der Waals surface area contributed by atoms with Crippen LogP contribution < -0.4 is 20.7 Å². The molecule has 0 aliphatic carbocycles. The van der Waals surface area contributed by atoms with E-state index in [-0.39, 0.29) is 23.4 Å². The Morgan fingerprint density at radius 1 is 1.21 bits per heavy atom. The summed E-state index contributed by atoms with van der Waals surface area (Å²) in [7, 11) is 2.82. The average Bonchev–Trinajstić information content (AvgIpc) is 2.99. The molecular formula is C20H24N2O7. The van der Waals surface area contributed by atoms with Crippen LogP contribution in [0.15, 0.2) is 21.7 Å². The van der Waals surface area contributed by atoms with Crippen LogP contribution in [0.5, 0.6) is 17.4 Å². The molecule has 0 radical (unpaired) electrons. The highest BCUT2D eigenvalue weighted by atomic mass is 16.6. The predicted molar refractivity (Wildman–Crippen MR) is 104 cm³/mol. The summed E-state index contributed by atoms with van der Waals surface area (Å²) in [5.74, 6) is -0.278. The number of aromatic hydroxyl groups is 1. The molecule has 1 aliphatic heterocycles. The zero-order valence-corrected chi connectivity index (χ0v) is 16.8. The maximum Gasteiger partial charge on any atom is 0.343 e. The van der Waals surface area contributed by atoms with Crippen molar-refractivity contribution in [2.24, 2.45) is 5.92 Å². The van der Waals surface area contributed by atoms with Crippen molar-refractivity contribution < 1.29 is 24.1 Å². The Morgan fingerprint density at radius 2 is 1.93 bits per heavy atom. The van der Waals surface area contributed by atoms with Gasteiger partial charge in [-0.2, -0.15) is 0 Å². The third kappa shape index (κ3) is 3.59. The molecule has 2 N–H and O–H groups in total. The van der Waals surface area contributed by atoms with Gasteiger partial charge in [-0.15, -0.1) is 0 Å². The number of aromatic nitrogens is 2. The van der Waals surface area contributed by atoms with Gasteiger partial charge in [0.2, 0.25) is 5.88 Å². The Bertz CT molecular complexity index is 1050. The van der Waals surface area contributed by atoms with Gasteiger partial charge in [-0.1, -0.05) is 19.9 Å². The number of nitrogens with zero attached hydrogens (tertiary/aromatic N) is 1. The minimum Gasteiger partial charge on any atom is -0.494 e. The highest BCUT2D eigenvalue weighted by Crippen LogP contribution is 2.44. The third-order valence-electron chi connectivity index (χ3n) is 4.92. The Balaban J connectivity index is 2.11. The van der Waals surface area contributed by atoms with Crippen LogP contribution in [0.4, 0.5) is 0 Å². The summed E-state index contributed by atoms with van der Waals surface area (Å²) in [6, 6.07) is 3.15. The minimum absolute atomic E-state index is 0.119. The Kier molecular flexibility index (Phi) is 5.67. The van der Waals surface area contributed by atoms with Crippen LogP contribution in [0.25, 0.3) is 0 Å². The van der Waals surface area contributed by atoms with Gasteiger partial charge >= 0.3 is 11.7 Å². The molecule has 0 fully saturated rings. The Hall–Kier alpha value is -3.23. The van der Waals surface area contributed by atoms with E-state index in [4.69, 9.17) is 14.2 Å². The zero-order chi connectivity index (χ0) is 21.3. The molecule has 0 unspecified atom stereocenters. The van der Waals surface area contributed by atoms with Crippen molar-refractivity contribution in [3.05, 3.63) is 49.7 Å². The number of cyclic esters (lactones) is 1. The van der Waals surface area contributed by atoms with Gasteiger partial charge < -0.3 is 19.3 Å². The predicted octanol–water partition coefficient (Wildman–Crippen LogP) is 1.96. The van der Waals surface area contributed by atoms with Crippen LogP contribution >= 0.6 is 0 Å². The Labute approximate surface area is 166 Å². The molecule has 156 valence electrons. The summed E-state index contributed by atoms with van der Waals surface area (Å²) in [6.45, 7) is 4.33. The van der Waals surface area contributed by atoms with Gasteiger partial charge in [0.15, 0.2) is 17.6 Å². The first-order valence-electron chi connectivity index (χ1n) is 9.31. The standard InChI is InChI=1S/C20H24N2O7/c1-10(2)6-5-9-22-18(24)14(17(23)21-20(22)26)15-11-7-8-12(27-3)16(28-4)13(11)19(25)29-15/h7-8,10,15,24H,5-6,9H2,1-4H3,(H,21,23,26)/t15-/m0/s1. The molecule has 29 heavy (non-hydrogen) atoms. The highest BCUT2D eigenvalue weighted by molar-refractivity contribution is 5.98. The number of methoxy groups -OCH3 is 2. The first-order chi connectivity index (χ1) is 13.8. The van der Waals surface area contributed by atoms with E-state index in [0.29, 0.717) is 23.7 Å². The van der Waals surface area contributed by atoms with E-state index in [0.717, 1.165) is 11.0 Å². The van der Waals surface area contributed by atoms with Gasteiger partial charge in [-0.05, 0) is 24.8 Å². The molecule has 0 amide bonds. The second kappa shape index (κ2) is 8.02. The number of nitrogens with one attached hydrogen (secondary N) is 1. The molecule has 2 heterocycles. The molecule has 9 heteroatoms. The van der Waals surface area contributed by atoms with Gasteiger partial charge in [-0.3, -0.25) is 14.3 Å². The van der Waals surface area contributed by atoms with Gasteiger partial charge in [-0.25, -0.2) is 9.59 Å². The largest absolute Gasteiger partial charge is 0.494 e. The average molecular weight is 404 g/mol. The molecule has 1 atom stereocenters. The monoisotopic (exact) mass is 404 g/mol. The van der Waals surface area contributed by atoms with Crippen molar-refractivity contribution in [3.8, 4) is 17.4 Å². The number of hydrogen-bond donors (Lipinski definition) is 2. The summed E-state index contributed by atoms with van der Waals surface area (Å²) in [5, 5.41) is 10.7. The molecule has 9 nitrogen and oxygen atoms in total. The number of aromatic amines is 1. The van der Waals surface area contributed by atoms with Crippen LogP contribution in [-0.4, -0.2) is 34.8 Å². The van der Waals surface area contributed by atoms with E-state index >= 15 is 0 Å². The number of rotatable bonds is 7. The van der Waals surface area contributed by atoms with Crippen molar-refractivity contribution in [1.82, 2.24) is 9.55 Å². The number of carbonyl (C=O) groups is 1. The molecule has 1 aromatic heterocycles. The number of hydrogen-bond acceptors (Lipinski definition) is 7. The van der Waals surface area contributed by atoms with E-state index in [1.807, 2.05) is 0 Å². The van der Waals surface area contributed by atoms with Crippen molar-refractivity contribution in [2.45, 2.75) is 39.3 Å². The SMILES string of the molecule is COc1ccc2c(c1OC)C(=O)O[C@@H]2c1c(O)n(CCCC(C)C)c(=O)[nH]c1=O. The van der Waals surface area contributed by atoms with Crippen LogP contribution in [-0.2, 0) is 11.3 Å². The molecule has 0 saturated heterocycles. The quantitative estimate of drug-likeness (QED) is 0.677.